The van der Waals surface area contributed by atoms with E-state index in [1.54, 1.807) is 0 Å². The van der Waals surface area contributed by atoms with Crippen LogP contribution in [0.4, 0.5) is 10.5 Å². The van der Waals surface area contributed by atoms with Gasteiger partial charge in [-0.1, -0.05) is 19.9 Å². The number of urea groups is 1. The molecule has 0 aromatic heterocycles. The van der Waals surface area contributed by atoms with E-state index in [1.807, 2.05) is 0 Å². The normalized spacial score (nSPS) is 14.5. The molecule has 1 aromatic rings. The molecule has 0 unspecified atom stereocenters. The van der Waals surface area contributed by atoms with Crippen LogP contribution in [0.3, 0.4) is 0 Å². The predicted octanol–water partition coefficient (Wildman–Crippen LogP) is 3.24. The van der Waals surface area contributed by atoms with Gasteiger partial charge in [0.2, 0.25) is 5.91 Å². The zero-order valence-corrected chi connectivity index (χ0v) is 15.3. The minimum Gasteiger partial charge on any atom is -0.368 e. The lowest BCUT2D eigenvalue weighted by Crippen LogP contribution is -2.38. The van der Waals surface area contributed by atoms with Gasteiger partial charge >= 0.3 is 6.03 Å². The number of carbonyl (C=O) groups is 2. The van der Waals surface area contributed by atoms with Crippen LogP contribution in [-0.4, -0.2) is 42.5 Å². The van der Waals surface area contributed by atoms with Gasteiger partial charge in [-0.15, -0.1) is 0 Å². The highest BCUT2D eigenvalue weighted by molar-refractivity contribution is 6.01. The Hall–Kier alpha value is -2.04. The predicted molar refractivity (Wildman–Crippen MR) is 97.4 cm³/mol. The molecule has 1 fully saturated rings. The van der Waals surface area contributed by atoms with Crippen LogP contribution in [0.5, 0.6) is 0 Å². The maximum atomic E-state index is 11.7. The van der Waals surface area contributed by atoms with E-state index in [1.165, 1.54) is 21.7 Å². The van der Waals surface area contributed by atoms with Crippen molar-refractivity contribution in [2.24, 2.45) is 0 Å². The molecule has 2 rings (SSSR count). The second kappa shape index (κ2) is 8.18. The number of nitrogens with zero attached hydrogens (tertiary/aromatic N) is 2. The van der Waals surface area contributed by atoms with Crippen LogP contribution in [0.1, 0.15) is 44.2 Å². The molecule has 1 aliphatic rings. The quantitative estimate of drug-likeness (QED) is 0.744. The molecule has 3 amide bonds. The largest absolute Gasteiger partial charge is 0.368 e. The van der Waals surface area contributed by atoms with Crippen molar-refractivity contribution in [3.63, 3.8) is 0 Å². The van der Waals surface area contributed by atoms with E-state index in [2.05, 4.69) is 56.1 Å². The van der Waals surface area contributed by atoms with Crippen molar-refractivity contribution >= 4 is 17.6 Å². The van der Waals surface area contributed by atoms with Crippen molar-refractivity contribution in [3.8, 4) is 0 Å². The summed E-state index contributed by atoms with van der Waals surface area (Å²) < 4.78 is 0. The van der Waals surface area contributed by atoms with Crippen molar-refractivity contribution in [1.29, 1.82) is 0 Å². The summed E-state index contributed by atoms with van der Waals surface area (Å²) in [7, 11) is 0. The van der Waals surface area contributed by atoms with Crippen LogP contribution >= 0.6 is 0 Å². The average Bonchev–Trinajstić information content (AvgIpc) is 2.88. The van der Waals surface area contributed by atoms with Crippen LogP contribution in [0.2, 0.25) is 0 Å². The Balaban J connectivity index is 2.07. The van der Waals surface area contributed by atoms with E-state index >= 15 is 0 Å². The lowest BCUT2D eigenvalue weighted by atomic mass is 10.1. The first-order valence-corrected chi connectivity index (χ1v) is 8.90. The van der Waals surface area contributed by atoms with E-state index < -0.39 is 0 Å². The Kier molecular flexibility index (Phi) is 6.23. The summed E-state index contributed by atoms with van der Waals surface area (Å²) in [5.41, 5.74) is 3.81. The summed E-state index contributed by atoms with van der Waals surface area (Å²) in [6.45, 7) is 10.1. The summed E-state index contributed by atoms with van der Waals surface area (Å²) in [6, 6.07) is 6.78. The highest BCUT2D eigenvalue weighted by Crippen LogP contribution is 2.24. The molecule has 0 bridgehead atoms. The molecule has 1 heterocycles. The second-order valence-corrected chi connectivity index (χ2v) is 6.49. The number of amides is 3. The molecule has 5 nitrogen and oxygen atoms in total. The van der Waals surface area contributed by atoms with Crippen molar-refractivity contribution in [1.82, 2.24) is 10.2 Å². The Morgan fingerprint density at radius 1 is 1.17 bits per heavy atom. The number of hydrogen-bond donors (Lipinski definition) is 1. The van der Waals surface area contributed by atoms with E-state index in [0.717, 1.165) is 25.8 Å². The van der Waals surface area contributed by atoms with Crippen molar-refractivity contribution in [3.05, 3.63) is 29.3 Å². The van der Waals surface area contributed by atoms with Gasteiger partial charge in [0, 0.05) is 24.8 Å². The van der Waals surface area contributed by atoms with Crippen LogP contribution in [0, 0.1) is 13.8 Å². The van der Waals surface area contributed by atoms with Gasteiger partial charge in [-0.25, -0.2) is 4.79 Å². The Morgan fingerprint density at radius 3 is 2.42 bits per heavy atom. The zero-order chi connectivity index (χ0) is 17.7. The van der Waals surface area contributed by atoms with Crippen LogP contribution < -0.4 is 10.2 Å². The number of rotatable bonds is 8. The van der Waals surface area contributed by atoms with Gasteiger partial charge in [-0.2, -0.15) is 0 Å². The number of aryl methyl sites for hydroxylation is 2. The molecular formula is C19H29N3O2. The third-order valence-electron chi connectivity index (χ3n) is 4.92. The number of nitrogens with one attached hydrogen (secondary N) is 1. The topological polar surface area (TPSA) is 52.6 Å². The molecule has 0 spiro atoms. The lowest BCUT2D eigenvalue weighted by molar-refractivity contribution is -0.125. The first kappa shape index (κ1) is 18.3. The maximum Gasteiger partial charge on any atom is 0.324 e. The highest BCUT2D eigenvalue weighted by atomic mass is 16.2. The van der Waals surface area contributed by atoms with Gasteiger partial charge < -0.3 is 10.2 Å². The van der Waals surface area contributed by atoms with Gasteiger partial charge in [0.1, 0.15) is 0 Å². The fraction of sp³-hybridized carbons (Fsp3) is 0.579. The molecule has 5 heteroatoms. The van der Waals surface area contributed by atoms with Gasteiger partial charge in [-0.05, 0) is 56.4 Å². The van der Waals surface area contributed by atoms with E-state index in [0.29, 0.717) is 12.6 Å². The summed E-state index contributed by atoms with van der Waals surface area (Å²) in [5.74, 6) is -0.125. The number of carbonyl (C=O) groups excluding carboxylic acids is 2. The molecule has 24 heavy (non-hydrogen) atoms. The van der Waals surface area contributed by atoms with Crippen molar-refractivity contribution in [2.45, 2.75) is 53.0 Å². The molecule has 0 saturated carbocycles. The lowest BCUT2D eigenvalue weighted by Gasteiger charge is -2.33. The highest BCUT2D eigenvalue weighted by Gasteiger charge is 2.28. The first-order chi connectivity index (χ1) is 11.5. The summed E-state index contributed by atoms with van der Waals surface area (Å²) in [5, 5.41) is 2.57. The molecule has 0 aliphatic carbocycles. The summed E-state index contributed by atoms with van der Waals surface area (Å²) >= 11 is 0. The Morgan fingerprint density at radius 2 is 1.88 bits per heavy atom. The van der Waals surface area contributed by atoms with Crippen LogP contribution in [0.25, 0.3) is 0 Å². The smallest absolute Gasteiger partial charge is 0.324 e. The molecular weight excluding hydrogens is 302 g/mol. The number of imide groups is 1. The fourth-order valence-electron chi connectivity index (χ4n) is 3.24. The molecule has 1 N–H and O–H groups in total. The number of anilines is 1. The third-order valence-corrected chi connectivity index (χ3v) is 4.92. The number of hydrogen-bond acceptors (Lipinski definition) is 3. The Labute approximate surface area is 145 Å². The Bertz CT molecular complexity index is 580. The van der Waals surface area contributed by atoms with Crippen LogP contribution in [-0.2, 0) is 4.79 Å². The van der Waals surface area contributed by atoms with Gasteiger partial charge in [0.15, 0.2) is 0 Å². The number of benzene rings is 1. The minimum absolute atomic E-state index is 0.125. The average molecular weight is 331 g/mol. The molecule has 1 aromatic carbocycles. The standard InChI is InChI=1S/C19H29N3O2/c1-5-16(6-2)21(17-9-8-14(3)15(4)12-17)10-7-11-22-18(23)13-20-19(22)24/h8-9,12,16H,5-7,10-11,13H2,1-4H3,(H,20,24). The zero-order valence-electron chi connectivity index (χ0n) is 15.3. The van der Waals surface area contributed by atoms with Gasteiger partial charge in [-0.3, -0.25) is 9.69 Å². The molecule has 1 aliphatic heterocycles. The fourth-order valence-corrected chi connectivity index (χ4v) is 3.24. The molecule has 1 saturated heterocycles. The first-order valence-electron chi connectivity index (χ1n) is 8.90. The monoisotopic (exact) mass is 331 g/mol. The second-order valence-electron chi connectivity index (χ2n) is 6.49. The third kappa shape index (κ3) is 4.08. The summed E-state index contributed by atoms with van der Waals surface area (Å²) in [6.07, 6.45) is 2.93. The summed E-state index contributed by atoms with van der Waals surface area (Å²) in [4.78, 5) is 27.1. The van der Waals surface area contributed by atoms with E-state index in [-0.39, 0.29) is 18.5 Å². The van der Waals surface area contributed by atoms with Gasteiger partial charge in [0.05, 0.1) is 6.54 Å². The van der Waals surface area contributed by atoms with E-state index in [4.69, 9.17) is 0 Å². The van der Waals surface area contributed by atoms with E-state index in [9.17, 15) is 9.59 Å². The van der Waals surface area contributed by atoms with Crippen molar-refractivity contribution < 1.29 is 9.59 Å². The SMILES string of the molecule is CCC(CC)N(CCCN1C(=O)CNC1=O)c1ccc(C)c(C)c1. The van der Waals surface area contributed by atoms with Crippen molar-refractivity contribution in [2.75, 3.05) is 24.5 Å². The minimum atomic E-state index is -0.264. The molecule has 0 radical (unpaired) electrons. The molecule has 0 atom stereocenters. The van der Waals surface area contributed by atoms with Gasteiger partial charge in [0.25, 0.3) is 0 Å². The maximum absolute atomic E-state index is 11.7. The molecule has 132 valence electrons. The van der Waals surface area contributed by atoms with Crippen LogP contribution in [0.15, 0.2) is 18.2 Å².